The molecule has 1 unspecified atom stereocenters. The van der Waals surface area contributed by atoms with E-state index in [4.69, 9.17) is 0 Å². The Morgan fingerprint density at radius 3 is 2.38 bits per heavy atom. The lowest BCUT2D eigenvalue weighted by Gasteiger charge is -2.56. The van der Waals surface area contributed by atoms with Crippen LogP contribution >= 0.6 is 0 Å². The van der Waals surface area contributed by atoms with Gasteiger partial charge in [-0.15, -0.1) is 0 Å². The summed E-state index contributed by atoms with van der Waals surface area (Å²) < 4.78 is 2.17. The lowest BCUT2D eigenvalue weighted by atomic mass is 9.50. The van der Waals surface area contributed by atoms with Crippen molar-refractivity contribution in [2.75, 3.05) is 7.05 Å². The summed E-state index contributed by atoms with van der Waals surface area (Å²) in [5, 5.41) is 3.67. The van der Waals surface area contributed by atoms with Crippen molar-refractivity contribution in [2.45, 2.75) is 51.0 Å². The third-order valence-corrected chi connectivity index (χ3v) is 6.73. The molecule has 0 aromatic carbocycles. The maximum atomic E-state index is 4.49. The summed E-state index contributed by atoms with van der Waals surface area (Å²) in [6, 6.07) is 0.691. The van der Waals surface area contributed by atoms with Crippen LogP contribution < -0.4 is 5.32 Å². The minimum absolute atomic E-state index is 0.691. The smallest absolute Gasteiger partial charge is 0.108 e. The van der Waals surface area contributed by atoms with Crippen LogP contribution in [-0.4, -0.2) is 22.6 Å². The van der Waals surface area contributed by atoms with Crippen molar-refractivity contribution in [1.29, 1.82) is 0 Å². The highest BCUT2D eigenvalue weighted by Gasteiger charge is 2.50. The minimum Gasteiger partial charge on any atom is -0.338 e. The molecule has 0 saturated heterocycles. The summed E-state index contributed by atoms with van der Waals surface area (Å²) in [5.74, 6) is 6.36. The molecule has 0 amide bonds. The predicted octanol–water partition coefficient (Wildman–Crippen LogP) is 3.01. The molecular formula is C18H29N3. The molecule has 21 heavy (non-hydrogen) atoms. The third-order valence-electron chi connectivity index (χ3n) is 6.73. The van der Waals surface area contributed by atoms with E-state index in [9.17, 15) is 0 Å². The number of imidazole rings is 1. The first kappa shape index (κ1) is 13.8. The van der Waals surface area contributed by atoms with E-state index in [1.807, 2.05) is 6.20 Å². The van der Waals surface area contributed by atoms with E-state index >= 15 is 0 Å². The lowest BCUT2D eigenvalue weighted by Crippen LogP contribution is -2.52. The molecule has 1 aromatic rings. The van der Waals surface area contributed by atoms with Crippen molar-refractivity contribution in [3.8, 4) is 0 Å². The quantitative estimate of drug-likeness (QED) is 0.902. The van der Waals surface area contributed by atoms with Gasteiger partial charge in [0.05, 0.1) is 0 Å². The van der Waals surface area contributed by atoms with Crippen LogP contribution in [0.3, 0.4) is 0 Å². The molecule has 0 radical (unpaired) electrons. The molecule has 4 aliphatic rings. The van der Waals surface area contributed by atoms with Gasteiger partial charge in [-0.2, -0.15) is 0 Å². The molecule has 3 nitrogen and oxygen atoms in total. The van der Waals surface area contributed by atoms with Gasteiger partial charge in [0.25, 0.3) is 0 Å². The predicted molar refractivity (Wildman–Crippen MR) is 84.9 cm³/mol. The van der Waals surface area contributed by atoms with Gasteiger partial charge in [0.1, 0.15) is 5.82 Å². The average molecular weight is 287 g/mol. The molecule has 0 aliphatic heterocycles. The molecular weight excluding hydrogens is 258 g/mol. The monoisotopic (exact) mass is 287 g/mol. The Bertz CT molecular complexity index is 464. The third kappa shape index (κ3) is 2.44. The molecule has 4 bridgehead atoms. The number of hydrogen-bond acceptors (Lipinski definition) is 2. The first-order chi connectivity index (χ1) is 10.2. The van der Waals surface area contributed by atoms with Gasteiger partial charge in [-0.25, -0.2) is 4.98 Å². The van der Waals surface area contributed by atoms with Crippen LogP contribution in [0.25, 0.3) is 0 Å². The number of aromatic nitrogens is 2. The lowest BCUT2D eigenvalue weighted by molar-refractivity contribution is -0.0519. The molecule has 4 saturated carbocycles. The zero-order valence-electron chi connectivity index (χ0n) is 13.5. The van der Waals surface area contributed by atoms with Crippen LogP contribution in [-0.2, 0) is 13.5 Å². The van der Waals surface area contributed by atoms with Crippen LogP contribution in [0.4, 0.5) is 0 Å². The second-order valence-electron chi connectivity index (χ2n) is 7.90. The number of nitrogens with one attached hydrogen (secondary N) is 1. The van der Waals surface area contributed by atoms with Crippen molar-refractivity contribution < 1.29 is 0 Å². The highest BCUT2D eigenvalue weighted by molar-refractivity contribution is 5.02. The molecule has 116 valence electrons. The van der Waals surface area contributed by atoms with E-state index in [1.165, 1.54) is 37.9 Å². The number of aryl methyl sites for hydroxylation is 2. The van der Waals surface area contributed by atoms with Crippen LogP contribution in [0, 0.1) is 29.6 Å². The number of hydrogen-bond donors (Lipinski definition) is 1. The largest absolute Gasteiger partial charge is 0.338 e. The summed E-state index contributed by atoms with van der Waals surface area (Å²) in [6.45, 7) is 0. The molecule has 5 rings (SSSR count). The Labute approximate surface area is 128 Å². The van der Waals surface area contributed by atoms with Crippen LogP contribution in [0.15, 0.2) is 12.4 Å². The fourth-order valence-electron chi connectivity index (χ4n) is 6.08. The van der Waals surface area contributed by atoms with Gasteiger partial charge >= 0.3 is 0 Å². The van der Waals surface area contributed by atoms with Crippen LogP contribution in [0.2, 0.25) is 0 Å². The summed E-state index contributed by atoms with van der Waals surface area (Å²) in [7, 11) is 4.29. The van der Waals surface area contributed by atoms with Gasteiger partial charge in [0, 0.05) is 31.9 Å². The van der Waals surface area contributed by atoms with Gasteiger partial charge in [-0.05, 0) is 75.2 Å². The molecule has 1 aromatic heterocycles. The van der Waals surface area contributed by atoms with Crippen LogP contribution in [0.5, 0.6) is 0 Å². The second-order valence-corrected chi connectivity index (χ2v) is 7.90. The van der Waals surface area contributed by atoms with Gasteiger partial charge in [-0.1, -0.05) is 0 Å². The van der Waals surface area contributed by atoms with Gasteiger partial charge < -0.3 is 9.88 Å². The highest BCUT2D eigenvalue weighted by atomic mass is 15.0. The Kier molecular flexibility index (Phi) is 3.56. The Morgan fingerprint density at radius 2 is 1.86 bits per heavy atom. The zero-order chi connectivity index (χ0) is 14.4. The summed E-state index contributed by atoms with van der Waals surface area (Å²) in [4.78, 5) is 4.49. The Balaban J connectivity index is 1.45. The van der Waals surface area contributed by atoms with Gasteiger partial charge in [0.15, 0.2) is 0 Å². The molecule has 1 heterocycles. The standard InChI is InChI=1S/C18H29N3/c1-19-16(3-4-17-20-5-6-21(17)2)18-14-8-12-7-13(10-14)11-15(18)9-12/h5-6,12-16,18-19H,3-4,7-11H2,1-2H3. The summed E-state index contributed by atoms with van der Waals surface area (Å²) in [6.07, 6.45) is 14.0. The Hall–Kier alpha value is -0.830. The molecule has 1 atom stereocenters. The fraction of sp³-hybridized carbons (Fsp3) is 0.833. The molecule has 4 aliphatic carbocycles. The van der Waals surface area contributed by atoms with Crippen LogP contribution in [0.1, 0.15) is 44.3 Å². The van der Waals surface area contributed by atoms with E-state index in [1.54, 1.807) is 6.42 Å². The SMILES string of the molecule is CNC(CCc1nccn1C)C1C2CC3CC(C2)CC1C3. The maximum absolute atomic E-state index is 4.49. The van der Waals surface area contributed by atoms with E-state index in [-0.39, 0.29) is 0 Å². The topological polar surface area (TPSA) is 29.9 Å². The van der Waals surface area contributed by atoms with Crippen molar-refractivity contribution in [3.05, 3.63) is 18.2 Å². The summed E-state index contributed by atoms with van der Waals surface area (Å²) in [5.41, 5.74) is 0. The van der Waals surface area contributed by atoms with E-state index in [0.29, 0.717) is 6.04 Å². The average Bonchev–Trinajstić information content (AvgIpc) is 2.86. The van der Waals surface area contributed by atoms with Gasteiger partial charge in [0.2, 0.25) is 0 Å². The highest BCUT2D eigenvalue weighted by Crippen LogP contribution is 2.57. The number of rotatable bonds is 5. The van der Waals surface area contributed by atoms with E-state index in [2.05, 4.69) is 35.2 Å². The maximum Gasteiger partial charge on any atom is 0.108 e. The van der Waals surface area contributed by atoms with Crippen molar-refractivity contribution in [1.82, 2.24) is 14.9 Å². The fourth-order valence-corrected chi connectivity index (χ4v) is 6.08. The van der Waals surface area contributed by atoms with E-state index in [0.717, 1.165) is 36.0 Å². The zero-order valence-corrected chi connectivity index (χ0v) is 13.5. The Morgan fingerprint density at radius 1 is 1.19 bits per heavy atom. The molecule has 0 spiro atoms. The van der Waals surface area contributed by atoms with Gasteiger partial charge in [-0.3, -0.25) is 0 Å². The molecule has 1 N–H and O–H groups in total. The van der Waals surface area contributed by atoms with Crippen molar-refractivity contribution >= 4 is 0 Å². The second kappa shape index (κ2) is 5.42. The van der Waals surface area contributed by atoms with Crippen molar-refractivity contribution in [3.63, 3.8) is 0 Å². The van der Waals surface area contributed by atoms with E-state index < -0.39 is 0 Å². The normalized spacial score (nSPS) is 38.9. The number of nitrogens with zero attached hydrogens (tertiary/aromatic N) is 2. The first-order valence-corrected chi connectivity index (χ1v) is 8.88. The van der Waals surface area contributed by atoms with Crippen molar-refractivity contribution in [2.24, 2.45) is 36.6 Å². The molecule has 4 fully saturated rings. The minimum atomic E-state index is 0.691. The first-order valence-electron chi connectivity index (χ1n) is 8.88. The summed E-state index contributed by atoms with van der Waals surface area (Å²) >= 11 is 0. The molecule has 3 heteroatoms.